The Bertz CT molecular complexity index is 996. The van der Waals surface area contributed by atoms with Crippen molar-refractivity contribution in [2.24, 2.45) is 5.10 Å². The number of hydrogen-bond donors (Lipinski definition) is 1. The van der Waals surface area contributed by atoms with Crippen molar-refractivity contribution in [2.45, 2.75) is 13.5 Å². The van der Waals surface area contributed by atoms with Crippen molar-refractivity contribution in [3.63, 3.8) is 0 Å². The molecule has 31 heavy (non-hydrogen) atoms. The Kier molecular flexibility index (Phi) is 7.65. The first-order chi connectivity index (χ1) is 15.1. The van der Waals surface area contributed by atoms with Crippen LogP contribution in [0.3, 0.4) is 0 Å². The molecule has 0 bridgehead atoms. The number of ether oxygens (including phenoxy) is 2. The quantitative estimate of drug-likeness (QED) is 0.411. The van der Waals surface area contributed by atoms with Crippen molar-refractivity contribution in [3.05, 3.63) is 89.5 Å². The normalized spacial score (nSPS) is 10.7. The Labute approximate surface area is 183 Å². The van der Waals surface area contributed by atoms with E-state index in [1.165, 1.54) is 19.8 Å². The standard InChI is InChI=1S/C25H27N3O3/c1-4-28(18-20-8-6-5-7-9-20)22-12-10-19(11-13-22)17-26-27-25(29)21-14-23(30-2)16-24(15-21)31-3/h5-17H,4,18H2,1-3H3,(H,27,29)/b26-17-. The van der Waals surface area contributed by atoms with Gasteiger partial charge in [0.25, 0.3) is 5.91 Å². The molecule has 0 radical (unpaired) electrons. The molecule has 6 nitrogen and oxygen atoms in total. The van der Waals surface area contributed by atoms with Gasteiger partial charge in [-0.15, -0.1) is 0 Å². The highest BCUT2D eigenvalue weighted by atomic mass is 16.5. The third-order valence-electron chi connectivity index (χ3n) is 4.85. The van der Waals surface area contributed by atoms with E-state index >= 15 is 0 Å². The largest absolute Gasteiger partial charge is 0.497 e. The second kappa shape index (κ2) is 10.8. The summed E-state index contributed by atoms with van der Waals surface area (Å²) in [6.45, 7) is 3.90. The highest BCUT2D eigenvalue weighted by molar-refractivity contribution is 5.95. The smallest absolute Gasteiger partial charge is 0.271 e. The summed E-state index contributed by atoms with van der Waals surface area (Å²) >= 11 is 0. The van der Waals surface area contributed by atoms with Crippen molar-refractivity contribution in [1.82, 2.24) is 5.43 Å². The van der Waals surface area contributed by atoms with Crippen molar-refractivity contribution in [2.75, 3.05) is 25.7 Å². The molecule has 160 valence electrons. The van der Waals surface area contributed by atoms with Crippen LogP contribution in [0.2, 0.25) is 0 Å². The number of carbonyl (C=O) groups excluding carboxylic acids is 1. The summed E-state index contributed by atoms with van der Waals surface area (Å²) in [5.74, 6) is 0.741. The van der Waals surface area contributed by atoms with Crippen LogP contribution in [0.1, 0.15) is 28.4 Å². The molecule has 0 atom stereocenters. The number of hydrazone groups is 1. The van der Waals surface area contributed by atoms with Gasteiger partial charge < -0.3 is 14.4 Å². The molecule has 3 aromatic carbocycles. The van der Waals surface area contributed by atoms with Crippen molar-refractivity contribution in [1.29, 1.82) is 0 Å². The van der Waals surface area contributed by atoms with E-state index in [-0.39, 0.29) is 5.91 Å². The molecule has 0 saturated carbocycles. The lowest BCUT2D eigenvalue weighted by Crippen LogP contribution is -2.21. The van der Waals surface area contributed by atoms with Crippen LogP contribution in [0.15, 0.2) is 77.9 Å². The van der Waals surface area contributed by atoms with Crippen molar-refractivity contribution >= 4 is 17.8 Å². The number of methoxy groups -OCH3 is 2. The molecule has 0 unspecified atom stereocenters. The molecule has 0 aliphatic carbocycles. The zero-order chi connectivity index (χ0) is 22.1. The van der Waals surface area contributed by atoms with Crippen LogP contribution in [-0.2, 0) is 6.54 Å². The highest BCUT2D eigenvalue weighted by Gasteiger charge is 2.09. The van der Waals surface area contributed by atoms with Crippen LogP contribution < -0.4 is 19.8 Å². The molecular weight excluding hydrogens is 390 g/mol. The Morgan fingerprint density at radius 1 is 0.968 bits per heavy atom. The maximum Gasteiger partial charge on any atom is 0.271 e. The summed E-state index contributed by atoms with van der Waals surface area (Å²) in [5, 5.41) is 4.07. The average Bonchev–Trinajstić information content (AvgIpc) is 2.83. The van der Waals surface area contributed by atoms with Crippen LogP contribution >= 0.6 is 0 Å². The molecule has 0 saturated heterocycles. The third-order valence-corrected chi connectivity index (χ3v) is 4.85. The molecule has 0 aliphatic heterocycles. The van der Waals surface area contributed by atoms with E-state index in [0.29, 0.717) is 17.1 Å². The first-order valence-corrected chi connectivity index (χ1v) is 10.1. The minimum Gasteiger partial charge on any atom is -0.497 e. The minimum absolute atomic E-state index is 0.343. The number of hydrogen-bond acceptors (Lipinski definition) is 5. The number of carbonyl (C=O) groups is 1. The van der Waals surface area contributed by atoms with Crippen molar-refractivity contribution < 1.29 is 14.3 Å². The molecule has 6 heteroatoms. The molecular formula is C25H27N3O3. The zero-order valence-corrected chi connectivity index (χ0v) is 18.0. The molecule has 3 rings (SSSR count). The van der Waals surface area contributed by atoms with Gasteiger partial charge in [0, 0.05) is 30.4 Å². The van der Waals surface area contributed by atoms with E-state index in [4.69, 9.17) is 9.47 Å². The first-order valence-electron chi connectivity index (χ1n) is 10.1. The molecule has 0 heterocycles. The summed E-state index contributed by atoms with van der Waals surface area (Å²) < 4.78 is 10.4. The molecule has 0 aromatic heterocycles. The van der Waals surface area contributed by atoms with Crippen LogP contribution in [0.4, 0.5) is 5.69 Å². The number of rotatable bonds is 9. The van der Waals surface area contributed by atoms with Crippen LogP contribution in [0.5, 0.6) is 11.5 Å². The second-order valence-corrected chi connectivity index (χ2v) is 6.89. The molecule has 0 spiro atoms. The number of nitrogens with zero attached hydrogens (tertiary/aromatic N) is 2. The Morgan fingerprint density at radius 3 is 2.19 bits per heavy atom. The summed E-state index contributed by atoms with van der Waals surface area (Å²) in [4.78, 5) is 14.7. The van der Waals surface area contributed by atoms with E-state index in [1.54, 1.807) is 24.4 Å². The predicted octanol–water partition coefficient (Wildman–Crippen LogP) is 4.49. The Hall–Kier alpha value is -3.80. The van der Waals surface area contributed by atoms with Crippen LogP contribution in [-0.4, -0.2) is 32.9 Å². The fourth-order valence-electron chi connectivity index (χ4n) is 3.13. The van der Waals surface area contributed by atoms with Gasteiger partial charge in [-0.05, 0) is 42.3 Å². The van der Waals surface area contributed by atoms with E-state index in [1.807, 2.05) is 18.2 Å². The van der Waals surface area contributed by atoms with E-state index in [2.05, 4.69) is 58.7 Å². The van der Waals surface area contributed by atoms with E-state index in [9.17, 15) is 4.79 Å². The topological polar surface area (TPSA) is 63.2 Å². The number of anilines is 1. The van der Waals surface area contributed by atoms with Gasteiger partial charge in [-0.1, -0.05) is 42.5 Å². The maximum absolute atomic E-state index is 12.4. The molecule has 1 N–H and O–H groups in total. The summed E-state index contributed by atoms with van der Waals surface area (Å²) in [7, 11) is 3.08. The Morgan fingerprint density at radius 2 is 1.61 bits per heavy atom. The van der Waals surface area contributed by atoms with Gasteiger partial charge in [-0.25, -0.2) is 5.43 Å². The maximum atomic E-state index is 12.4. The fourth-order valence-corrected chi connectivity index (χ4v) is 3.13. The summed E-state index contributed by atoms with van der Waals surface area (Å²) in [5.41, 5.74) is 6.24. The lowest BCUT2D eigenvalue weighted by atomic mass is 10.1. The second-order valence-electron chi connectivity index (χ2n) is 6.89. The van der Waals surface area contributed by atoms with Gasteiger partial charge >= 0.3 is 0 Å². The number of amides is 1. The van der Waals surface area contributed by atoms with Gasteiger partial charge in [-0.3, -0.25) is 4.79 Å². The summed E-state index contributed by atoms with van der Waals surface area (Å²) in [6.07, 6.45) is 1.62. The number of benzene rings is 3. The Balaban J connectivity index is 1.62. The third kappa shape index (κ3) is 6.09. The van der Waals surface area contributed by atoms with Gasteiger partial charge in [0.15, 0.2) is 0 Å². The summed E-state index contributed by atoms with van der Waals surface area (Å²) in [6, 6.07) is 23.4. The average molecular weight is 418 g/mol. The zero-order valence-electron chi connectivity index (χ0n) is 18.0. The molecule has 3 aromatic rings. The van der Waals surface area contributed by atoms with Crippen LogP contribution in [0, 0.1) is 0 Å². The van der Waals surface area contributed by atoms with Gasteiger partial charge in [0.2, 0.25) is 0 Å². The lowest BCUT2D eigenvalue weighted by molar-refractivity contribution is 0.0954. The molecule has 0 fully saturated rings. The highest BCUT2D eigenvalue weighted by Crippen LogP contribution is 2.22. The monoisotopic (exact) mass is 417 g/mol. The van der Waals surface area contributed by atoms with Crippen molar-refractivity contribution in [3.8, 4) is 11.5 Å². The van der Waals surface area contributed by atoms with E-state index in [0.717, 1.165) is 24.3 Å². The molecule has 1 amide bonds. The minimum atomic E-state index is -0.343. The fraction of sp³-hybridized carbons (Fsp3) is 0.200. The first kappa shape index (κ1) is 21.9. The SMILES string of the molecule is CCN(Cc1ccccc1)c1ccc(/C=N\NC(=O)c2cc(OC)cc(OC)c2)cc1. The molecule has 0 aliphatic rings. The van der Waals surface area contributed by atoms with Gasteiger partial charge in [-0.2, -0.15) is 5.10 Å². The van der Waals surface area contributed by atoms with Gasteiger partial charge in [0.1, 0.15) is 11.5 Å². The predicted molar refractivity (Wildman–Crippen MR) is 124 cm³/mol. The van der Waals surface area contributed by atoms with Crippen LogP contribution in [0.25, 0.3) is 0 Å². The van der Waals surface area contributed by atoms with Gasteiger partial charge in [0.05, 0.1) is 20.4 Å². The number of nitrogens with one attached hydrogen (secondary N) is 1. The lowest BCUT2D eigenvalue weighted by Gasteiger charge is -2.23. The van der Waals surface area contributed by atoms with E-state index < -0.39 is 0 Å².